The Labute approximate surface area is 61.4 Å². The molecule has 10 heavy (non-hydrogen) atoms. The van der Waals surface area contributed by atoms with Gasteiger partial charge in [-0.1, -0.05) is 6.58 Å². The van der Waals surface area contributed by atoms with Crippen LogP contribution in [-0.4, -0.2) is 17.8 Å². The zero-order valence-electron chi connectivity index (χ0n) is 6.35. The molecule has 0 unspecified atom stereocenters. The second kappa shape index (κ2) is 1.82. The molecule has 1 heteroatoms. The minimum absolute atomic E-state index is 1.16. The first kappa shape index (κ1) is 5.90. The van der Waals surface area contributed by atoms with Crippen molar-refractivity contribution in [1.29, 1.82) is 0 Å². The van der Waals surface area contributed by atoms with Crippen LogP contribution in [0, 0.1) is 0 Å². The molecule has 2 aliphatic rings. The fraction of sp³-hybridized carbons (Fsp3) is 0.444. The Hall–Kier alpha value is -0.850. The molecular weight excluding hydrogens is 122 g/mol. The fourth-order valence-corrected chi connectivity index (χ4v) is 1.82. The van der Waals surface area contributed by atoms with E-state index in [1.54, 1.807) is 5.57 Å². The first-order valence-electron chi connectivity index (χ1n) is 3.75. The highest BCUT2D eigenvalue weighted by atomic mass is 15.0. The molecule has 1 nitrogen and oxygen atoms in total. The van der Waals surface area contributed by atoms with Gasteiger partial charge in [0.25, 0.3) is 0 Å². The lowest BCUT2D eigenvalue weighted by atomic mass is 10.2. The van der Waals surface area contributed by atoms with Crippen molar-refractivity contribution in [1.82, 2.24) is 0 Å². The number of allylic oxidation sites excluding steroid dienone is 2. The quantitative estimate of drug-likeness (QED) is 0.444. The highest BCUT2D eigenvalue weighted by Gasteiger charge is 2.29. The van der Waals surface area contributed by atoms with Crippen LogP contribution in [0.15, 0.2) is 23.4 Å². The Balaban J connectivity index is 2.45. The van der Waals surface area contributed by atoms with Gasteiger partial charge in [-0.05, 0) is 12.8 Å². The van der Waals surface area contributed by atoms with Crippen LogP contribution in [0.3, 0.4) is 0 Å². The molecule has 0 aromatic rings. The van der Waals surface area contributed by atoms with Crippen molar-refractivity contribution < 1.29 is 4.58 Å². The minimum Gasteiger partial charge on any atom is -0.205 e. The summed E-state index contributed by atoms with van der Waals surface area (Å²) in [5, 5.41) is 0. The monoisotopic (exact) mass is 134 g/mol. The average molecular weight is 134 g/mol. The van der Waals surface area contributed by atoms with E-state index in [2.05, 4.69) is 24.4 Å². The number of rotatable bonds is 0. The van der Waals surface area contributed by atoms with E-state index in [0.717, 1.165) is 6.42 Å². The standard InChI is InChI=1S/C9H12N/c1-7-3-4-8-5-6-10(2)9(7)8/h6H,1,3-5H2,2H3/q+1. The smallest absolute Gasteiger partial charge is 0.205 e. The maximum absolute atomic E-state index is 4.03. The molecule has 2 rings (SSSR count). The van der Waals surface area contributed by atoms with E-state index >= 15 is 0 Å². The van der Waals surface area contributed by atoms with Crippen LogP contribution in [0.2, 0.25) is 0 Å². The van der Waals surface area contributed by atoms with E-state index in [0.29, 0.717) is 0 Å². The summed E-state index contributed by atoms with van der Waals surface area (Å²) in [6.45, 7) is 4.03. The molecule has 0 spiro atoms. The Morgan fingerprint density at radius 2 is 2.30 bits per heavy atom. The van der Waals surface area contributed by atoms with Gasteiger partial charge in [-0.15, -0.1) is 0 Å². The van der Waals surface area contributed by atoms with E-state index in [1.165, 1.54) is 24.1 Å². The minimum atomic E-state index is 1.16. The van der Waals surface area contributed by atoms with Gasteiger partial charge in [0.15, 0.2) is 0 Å². The molecule has 0 aromatic carbocycles. The molecule has 0 radical (unpaired) electrons. The van der Waals surface area contributed by atoms with E-state index < -0.39 is 0 Å². The largest absolute Gasteiger partial charge is 0.207 e. The van der Waals surface area contributed by atoms with Gasteiger partial charge >= 0.3 is 0 Å². The molecule has 1 aliphatic heterocycles. The van der Waals surface area contributed by atoms with Crippen LogP contribution < -0.4 is 0 Å². The van der Waals surface area contributed by atoms with Crippen LogP contribution in [0.25, 0.3) is 0 Å². The summed E-state index contributed by atoms with van der Waals surface area (Å²) in [4.78, 5) is 0. The molecule has 1 heterocycles. The van der Waals surface area contributed by atoms with Gasteiger partial charge in [0.2, 0.25) is 5.70 Å². The van der Waals surface area contributed by atoms with Gasteiger partial charge in [0.05, 0.1) is 6.42 Å². The predicted molar refractivity (Wildman–Crippen MR) is 42.3 cm³/mol. The topological polar surface area (TPSA) is 3.01 Å². The Morgan fingerprint density at radius 1 is 1.50 bits per heavy atom. The Morgan fingerprint density at radius 3 is 3.00 bits per heavy atom. The molecular formula is C9H12N+. The lowest BCUT2D eigenvalue weighted by molar-refractivity contribution is -0.431. The predicted octanol–water partition coefficient (Wildman–Crippen LogP) is 1.71. The molecule has 0 saturated carbocycles. The molecule has 0 atom stereocenters. The van der Waals surface area contributed by atoms with Gasteiger partial charge in [0.1, 0.15) is 13.3 Å². The molecule has 0 amide bonds. The van der Waals surface area contributed by atoms with Gasteiger partial charge in [-0.2, -0.15) is 0 Å². The zero-order chi connectivity index (χ0) is 7.14. The van der Waals surface area contributed by atoms with Gasteiger partial charge in [-0.25, -0.2) is 4.58 Å². The van der Waals surface area contributed by atoms with E-state index in [1.807, 2.05) is 0 Å². The van der Waals surface area contributed by atoms with Crippen molar-refractivity contribution in [2.75, 3.05) is 7.05 Å². The van der Waals surface area contributed by atoms with Crippen LogP contribution in [0.5, 0.6) is 0 Å². The van der Waals surface area contributed by atoms with Crippen molar-refractivity contribution in [2.45, 2.75) is 19.3 Å². The van der Waals surface area contributed by atoms with Crippen molar-refractivity contribution >= 4 is 6.21 Å². The zero-order valence-corrected chi connectivity index (χ0v) is 6.35. The Bertz CT molecular complexity index is 256. The summed E-state index contributed by atoms with van der Waals surface area (Å²) in [5.74, 6) is 0. The lowest BCUT2D eigenvalue weighted by Gasteiger charge is -1.93. The summed E-state index contributed by atoms with van der Waals surface area (Å²) in [5.41, 5.74) is 4.33. The second-order valence-corrected chi connectivity index (χ2v) is 3.05. The van der Waals surface area contributed by atoms with E-state index in [9.17, 15) is 0 Å². The molecule has 1 aliphatic carbocycles. The van der Waals surface area contributed by atoms with E-state index in [-0.39, 0.29) is 0 Å². The number of hydrogen-bond donors (Lipinski definition) is 0. The summed E-state index contributed by atoms with van der Waals surface area (Å²) in [7, 11) is 2.11. The Kier molecular flexibility index (Phi) is 1.07. The summed E-state index contributed by atoms with van der Waals surface area (Å²) in [6.07, 6.45) is 5.82. The number of likely N-dealkylation sites (N-methyl/N-ethyl adjacent to an activating group) is 1. The van der Waals surface area contributed by atoms with E-state index in [4.69, 9.17) is 0 Å². The molecule has 0 fully saturated rings. The van der Waals surface area contributed by atoms with Crippen molar-refractivity contribution in [3.8, 4) is 0 Å². The molecule has 52 valence electrons. The summed E-state index contributed by atoms with van der Waals surface area (Å²) >= 11 is 0. The van der Waals surface area contributed by atoms with Crippen LogP contribution in [0.1, 0.15) is 19.3 Å². The first-order valence-corrected chi connectivity index (χ1v) is 3.75. The highest BCUT2D eigenvalue weighted by Crippen LogP contribution is 2.34. The first-order chi connectivity index (χ1) is 4.79. The third kappa shape index (κ3) is 0.605. The number of nitrogens with zero attached hydrogens (tertiary/aromatic N) is 1. The third-order valence-corrected chi connectivity index (χ3v) is 2.36. The average Bonchev–Trinajstić information content (AvgIpc) is 2.40. The molecule has 0 N–H and O–H groups in total. The number of hydrogen-bond acceptors (Lipinski definition) is 0. The van der Waals surface area contributed by atoms with Crippen LogP contribution >= 0.6 is 0 Å². The molecule has 0 aromatic heterocycles. The normalized spacial score (nSPS) is 23.7. The SMILES string of the molecule is C=C1CCC2=C1[N+](C)=CC2. The highest BCUT2D eigenvalue weighted by molar-refractivity contribution is 5.63. The maximum Gasteiger partial charge on any atom is 0.207 e. The van der Waals surface area contributed by atoms with Crippen LogP contribution in [-0.2, 0) is 0 Å². The van der Waals surface area contributed by atoms with Gasteiger partial charge in [-0.3, -0.25) is 0 Å². The van der Waals surface area contributed by atoms with Crippen molar-refractivity contribution in [2.24, 2.45) is 0 Å². The lowest BCUT2D eigenvalue weighted by Crippen LogP contribution is -2.01. The van der Waals surface area contributed by atoms with Gasteiger partial charge < -0.3 is 0 Å². The fourth-order valence-electron chi connectivity index (χ4n) is 1.82. The third-order valence-electron chi connectivity index (χ3n) is 2.36. The maximum atomic E-state index is 4.03. The molecule has 0 saturated heterocycles. The van der Waals surface area contributed by atoms with Crippen molar-refractivity contribution in [3.63, 3.8) is 0 Å². The van der Waals surface area contributed by atoms with Gasteiger partial charge in [0, 0.05) is 11.1 Å². The molecule has 0 bridgehead atoms. The summed E-state index contributed by atoms with van der Waals surface area (Å²) < 4.78 is 2.21. The van der Waals surface area contributed by atoms with Crippen LogP contribution in [0.4, 0.5) is 0 Å². The summed E-state index contributed by atoms with van der Waals surface area (Å²) in [6, 6.07) is 0. The van der Waals surface area contributed by atoms with Crippen molar-refractivity contribution in [3.05, 3.63) is 23.4 Å². The second-order valence-electron chi connectivity index (χ2n) is 3.05.